The highest BCUT2D eigenvalue weighted by atomic mass is 16.3. The summed E-state index contributed by atoms with van der Waals surface area (Å²) in [7, 11) is 2.45. The van der Waals surface area contributed by atoms with E-state index in [9.17, 15) is 5.11 Å². The molecule has 1 aliphatic heterocycles. The van der Waals surface area contributed by atoms with Crippen LogP contribution in [0.3, 0.4) is 0 Å². The summed E-state index contributed by atoms with van der Waals surface area (Å²) in [6, 6.07) is 0.772. The summed E-state index contributed by atoms with van der Waals surface area (Å²) in [5.74, 6) is 1.28. The maximum absolute atomic E-state index is 10.3. The van der Waals surface area contributed by atoms with Gasteiger partial charge in [0.2, 0.25) is 0 Å². The molecule has 2 nitrogen and oxygen atoms in total. The molecular weight excluding hydrogens is 198 g/mol. The fourth-order valence-electron chi connectivity index (χ4n) is 4.77. The van der Waals surface area contributed by atoms with E-state index in [2.05, 4.69) is 7.05 Å². The topological polar surface area (TPSA) is 20.2 Å². The number of nitrogens with zero attached hydrogens (tertiary/aromatic N) is 1. The zero-order valence-corrected chi connectivity index (χ0v) is 10.6. The first-order valence-electron chi connectivity index (χ1n) is 7.23. The summed E-state index contributed by atoms with van der Waals surface area (Å²) in [4.78, 5) is 0. The average Bonchev–Trinajstić information content (AvgIpc) is 2.53. The minimum atomic E-state index is 0.0376. The van der Waals surface area contributed by atoms with Gasteiger partial charge >= 0.3 is 0 Å². The summed E-state index contributed by atoms with van der Waals surface area (Å²) >= 11 is 0. The number of hydrogen-bond donors (Lipinski definition) is 1. The van der Waals surface area contributed by atoms with E-state index in [0.717, 1.165) is 6.04 Å². The molecule has 0 spiro atoms. The Hall–Kier alpha value is -0.0800. The van der Waals surface area contributed by atoms with E-state index in [-0.39, 0.29) is 6.10 Å². The molecule has 16 heavy (non-hydrogen) atoms. The molecule has 4 atom stereocenters. The number of aliphatic hydroxyl groups is 1. The van der Waals surface area contributed by atoms with Crippen molar-refractivity contribution in [3.05, 3.63) is 0 Å². The lowest BCUT2D eigenvalue weighted by Gasteiger charge is -2.49. The Balaban J connectivity index is 1.78. The van der Waals surface area contributed by atoms with Crippen molar-refractivity contribution in [1.82, 2.24) is 0 Å². The second-order valence-electron chi connectivity index (χ2n) is 6.62. The van der Waals surface area contributed by atoms with Gasteiger partial charge in [-0.2, -0.15) is 0 Å². The number of fused-ring (bicyclic) bond motifs is 2. The first kappa shape index (κ1) is 11.0. The molecule has 2 aliphatic carbocycles. The number of likely N-dealkylation sites (tertiary alicyclic amines) is 1. The Bertz CT molecular complexity index is 259. The Morgan fingerprint density at radius 3 is 2.38 bits per heavy atom. The third kappa shape index (κ3) is 1.62. The van der Waals surface area contributed by atoms with Crippen molar-refractivity contribution in [3.8, 4) is 0 Å². The van der Waals surface area contributed by atoms with Crippen LogP contribution in [0.5, 0.6) is 0 Å². The van der Waals surface area contributed by atoms with Crippen LogP contribution in [-0.2, 0) is 0 Å². The molecule has 0 aromatic heterocycles. The molecule has 92 valence electrons. The van der Waals surface area contributed by atoms with E-state index < -0.39 is 0 Å². The van der Waals surface area contributed by atoms with Gasteiger partial charge in [0.25, 0.3) is 0 Å². The van der Waals surface area contributed by atoms with Gasteiger partial charge in [-0.1, -0.05) is 0 Å². The van der Waals surface area contributed by atoms with Crippen molar-refractivity contribution >= 4 is 0 Å². The normalized spacial score (nSPS) is 46.9. The number of quaternary nitrogens is 1. The van der Waals surface area contributed by atoms with Gasteiger partial charge in [-0.3, -0.25) is 0 Å². The van der Waals surface area contributed by atoms with Gasteiger partial charge in [-0.15, -0.1) is 0 Å². The molecule has 0 amide bonds. The Morgan fingerprint density at radius 2 is 1.62 bits per heavy atom. The fraction of sp³-hybridized carbons (Fsp3) is 1.00. The van der Waals surface area contributed by atoms with Gasteiger partial charge in [-0.25, -0.2) is 0 Å². The molecule has 3 fully saturated rings. The summed E-state index contributed by atoms with van der Waals surface area (Å²) in [5.41, 5.74) is 0. The van der Waals surface area contributed by atoms with Crippen LogP contribution >= 0.6 is 0 Å². The van der Waals surface area contributed by atoms with Gasteiger partial charge in [0.15, 0.2) is 0 Å². The quantitative estimate of drug-likeness (QED) is 0.677. The third-order valence-electron chi connectivity index (χ3n) is 5.76. The van der Waals surface area contributed by atoms with E-state index in [1.807, 2.05) is 0 Å². The van der Waals surface area contributed by atoms with Crippen molar-refractivity contribution in [3.63, 3.8) is 0 Å². The highest BCUT2D eigenvalue weighted by Gasteiger charge is 2.50. The van der Waals surface area contributed by atoms with Gasteiger partial charge < -0.3 is 9.59 Å². The largest absolute Gasteiger partial charge is 0.392 e. The number of piperidine rings is 1. The lowest BCUT2D eigenvalue weighted by molar-refractivity contribution is -0.942. The Labute approximate surface area is 99.2 Å². The van der Waals surface area contributed by atoms with Crippen molar-refractivity contribution in [2.75, 3.05) is 20.1 Å². The first-order valence-corrected chi connectivity index (χ1v) is 7.23. The van der Waals surface area contributed by atoms with Crippen molar-refractivity contribution in [2.24, 2.45) is 11.8 Å². The van der Waals surface area contributed by atoms with E-state index in [0.29, 0.717) is 11.8 Å². The van der Waals surface area contributed by atoms with Crippen LogP contribution in [0.4, 0.5) is 0 Å². The Kier molecular flexibility index (Phi) is 2.75. The molecule has 1 N–H and O–H groups in total. The minimum absolute atomic E-state index is 0.0376. The average molecular weight is 224 g/mol. The highest BCUT2D eigenvalue weighted by Crippen LogP contribution is 2.46. The molecule has 2 saturated carbocycles. The van der Waals surface area contributed by atoms with Crippen molar-refractivity contribution in [2.45, 2.75) is 57.1 Å². The first-order chi connectivity index (χ1) is 7.71. The van der Waals surface area contributed by atoms with Crippen LogP contribution in [0.2, 0.25) is 0 Å². The maximum atomic E-state index is 10.3. The monoisotopic (exact) mass is 224 g/mol. The molecule has 0 unspecified atom stereocenters. The molecule has 3 rings (SSSR count). The van der Waals surface area contributed by atoms with Crippen LogP contribution in [0.25, 0.3) is 0 Å². The smallest absolute Gasteiger partial charge is 0.0941 e. The minimum Gasteiger partial charge on any atom is -0.392 e. The van der Waals surface area contributed by atoms with Crippen molar-refractivity contribution in [1.29, 1.82) is 0 Å². The molecular formula is C14H26NO+. The summed E-state index contributed by atoms with van der Waals surface area (Å²) < 4.78 is 1.27. The maximum Gasteiger partial charge on any atom is 0.0941 e. The van der Waals surface area contributed by atoms with Crippen LogP contribution in [-0.4, -0.2) is 41.9 Å². The molecule has 0 aromatic carbocycles. The molecule has 2 bridgehead atoms. The highest BCUT2D eigenvalue weighted by molar-refractivity contribution is 4.94. The third-order valence-corrected chi connectivity index (χ3v) is 5.76. The standard InChI is InChI=1S/C14H26NO/c1-15(9-3-2-4-10-15)13-8-6-11-5-7-12(13)14(11)16/h11-14,16H,2-10H2,1H3/q+1/t11-,12-,13-,14-/m0/s1. The second-order valence-corrected chi connectivity index (χ2v) is 6.62. The molecule has 1 saturated heterocycles. The second kappa shape index (κ2) is 3.99. The predicted molar refractivity (Wildman–Crippen MR) is 65.0 cm³/mol. The number of aliphatic hydroxyl groups excluding tert-OH is 1. The summed E-state index contributed by atoms with van der Waals surface area (Å²) in [6.07, 6.45) is 9.52. The zero-order valence-electron chi connectivity index (χ0n) is 10.6. The van der Waals surface area contributed by atoms with Crippen LogP contribution < -0.4 is 0 Å². The predicted octanol–water partition coefficient (Wildman–Crippen LogP) is 2.17. The van der Waals surface area contributed by atoms with Gasteiger partial charge in [0.05, 0.1) is 32.3 Å². The summed E-state index contributed by atoms with van der Waals surface area (Å²) in [5, 5.41) is 10.3. The molecule has 3 aliphatic rings. The van der Waals surface area contributed by atoms with E-state index >= 15 is 0 Å². The van der Waals surface area contributed by atoms with Crippen LogP contribution in [0.15, 0.2) is 0 Å². The Morgan fingerprint density at radius 1 is 0.938 bits per heavy atom. The van der Waals surface area contributed by atoms with Crippen molar-refractivity contribution < 1.29 is 9.59 Å². The van der Waals surface area contributed by atoms with E-state index in [1.54, 1.807) is 0 Å². The SMILES string of the molecule is C[N+]1([C@H]2CC[C@@H]3CC[C@@H]2[C@H]3O)CCCCC1. The lowest BCUT2D eigenvalue weighted by Crippen LogP contribution is -2.60. The number of hydrogen-bond acceptors (Lipinski definition) is 1. The van der Waals surface area contributed by atoms with E-state index in [1.165, 1.54) is 62.5 Å². The zero-order chi connectivity index (χ0) is 11.2. The lowest BCUT2D eigenvalue weighted by atomic mass is 9.80. The number of rotatable bonds is 1. The van der Waals surface area contributed by atoms with Gasteiger partial charge in [0, 0.05) is 12.3 Å². The molecule has 0 aromatic rings. The molecule has 0 radical (unpaired) electrons. The summed E-state index contributed by atoms with van der Waals surface area (Å²) in [6.45, 7) is 2.72. The molecule has 1 heterocycles. The van der Waals surface area contributed by atoms with Crippen LogP contribution in [0, 0.1) is 11.8 Å². The van der Waals surface area contributed by atoms with E-state index in [4.69, 9.17) is 0 Å². The van der Waals surface area contributed by atoms with Crippen LogP contribution in [0.1, 0.15) is 44.9 Å². The molecule has 2 heteroatoms. The fourth-order valence-corrected chi connectivity index (χ4v) is 4.77. The van der Waals surface area contributed by atoms with Gasteiger partial charge in [0.1, 0.15) is 0 Å². The van der Waals surface area contributed by atoms with Gasteiger partial charge in [-0.05, 0) is 44.4 Å².